The number of rotatable bonds is 12. The molecule has 1 aromatic heterocycles. The first-order valence-electron chi connectivity index (χ1n) is 11.1. The number of alkyl halides is 2. The van der Waals surface area contributed by atoms with E-state index in [0.717, 1.165) is 10.6 Å². The number of esters is 1. The van der Waals surface area contributed by atoms with E-state index in [9.17, 15) is 24.1 Å². The molecule has 204 valence electrons. The molecule has 15 heteroatoms. The predicted octanol–water partition coefficient (Wildman–Crippen LogP) is 2.24. The molecule has 2 N–H and O–H groups in total. The van der Waals surface area contributed by atoms with Gasteiger partial charge in [0.15, 0.2) is 10.0 Å². The van der Waals surface area contributed by atoms with E-state index in [1.54, 1.807) is 37.3 Å². The summed E-state index contributed by atoms with van der Waals surface area (Å²) >= 11 is 9.65. The molecule has 2 heterocycles. The monoisotopic (exact) mass is 624 g/mol. The summed E-state index contributed by atoms with van der Waals surface area (Å²) < 4.78 is 40.1. The maximum absolute atomic E-state index is 13.7. The Labute approximate surface area is 225 Å². The number of aliphatic hydroxyl groups excluding tert-OH is 1. The lowest BCUT2D eigenvalue weighted by molar-refractivity contribution is -0.148. The SMILES string of the molecule is COCC(=O)OC[C@H](C)CP(=O)(OC[C@H]1O[C@@H](n2ccc(=O)[nH]c2=O)[C@](Cl)(Br)[C@@H]1O)Oc1ccccc1. The van der Waals surface area contributed by atoms with E-state index < -0.39 is 59.6 Å². The molecule has 1 unspecified atom stereocenters. The van der Waals surface area contributed by atoms with Crippen LogP contribution in [0.1, 0.15) is 13.2 Å². The van der Waals surface area contributed by atoms with Crippen molar-refractivity contribution in [3.05, 3.63) is 63.4 Å². The number of halogens is 2. The number of nitrogens with zero attached hydrogens (tertiary/aromatic N) is 1. The third-order valence-corrected chi connectivity index (χ3v) is 8.61. The number of aromatic nitrogens is 2. The van der Waals surface area contributed by atoms with Gasteiger partial charge in [0, 0.05) is 25.3 Å². The number of aromatic amines is 1. The molecule has 0 spiro atoms. The van der Waals surface area contributed by atoms with Gasteiger partial charge in [-0.05, 0) is 12.1 Å². The fourth-order valence-corrected chi connectivity index (χ4v) is 6.33. The van der Waals surface area contributed by atoms with Crippen LogP contribution < -0.4 is 15.8 Å². The van der Waals surface area contributed by atoms with Crippen LogP contribution in [0.3, 0.4) is 0 Å². The molecule has 0 saturated carbocycles. The highest BCUT2D eigenvalue weighted by atomic mass is 79.9. The van der Waals surface area contributed by atoms with E-state index in [-0.39, 0.29) is 25.1 Å². The number of para-hydroxylation sites is 1. The molecule has 6 atom stereocenters. The number of hydrogen-bond acceptors (Lipinski definition) is 10. The molecule has 1 aromatic carbocycles. The van der Waals surface area contributed by atoms with Crippen molar-refractivity contribution in [2.24, 2.45) is 5.92 Å². The van der Waals surface area contributed by atoms with Crippen molar-refractivity contribution in [1.82, 2.24) is 9.55 Å². The zero-order valence-corrected chi connectivity index (χ0v) is 23.2. The van der Waals surface area contributed by atoms with Gasteiger partial charge >= 0.3 is 19.3 Å². The molecule has 2 aromatic rings. The Kier molecular flexibility index (Phi) is 10.2. The highest BCUT2D eigenvalue weighted by Crippen LogP contribution is 2.52. The number of hydrogen-bond donors (Lipinski definition) is 2. The molecular weight excluding hydrogens is 599 g/mol. The molecule has 0 aliphatic carbocycles. The smallest absolute Gasteiger partial charge is 0.379 e. The van der Waals surface area contributed by atoms with Gasteiger partial charge in [0.25, 0.3) is 5.56 Å². The van der Waals surface area contributed by atoms with Crippen LogP contribution in [0.15, 0.2) is 52.2 Å². The Morgan fingerprint density at radius 2 is 2.03 bits per heavy atom. The number of carbonyl (C=O) groups excluding carboxylic acids is 1. The summed E-state index contributed by atoms with van der Waals surface area (Å²) in [5.41, 5.74) is -1.42. The highest BCUT2D eigenvalue weighted by Gasteiger charge is 2.55. The van der Waals surface area contributed by atoms with Crippen LogP contribution in [0.5, 0.6) is 5.75 Å². The molecule has 37 heavy (non-hydrogen) atoms. The molecule has 0 amide bonds. The number of benzene rings is 1. The zero-order chi connectivity index (χ0) is 27.2. The third kappa shape index (κ3) is 7.76. The van der Waals surface area contributed by atoms with Crippen molar-refractivity contribution in [3.8, 4) is 5.75 Å². The summed E-state index contributed by atoms with van der Waals surface area (Å²) in [7, 11) is -2.53. The van der Waals surface area contributed by atoms with Crippen molar-refractivity contribution < 1.29 is 37.7 Å². The van der Waals surface area contributed by atoms with Crippen LogP contribution in [0.25, 0.3) is 0 Å². The van der Waals surface area contributed by atoms with E-state index in [0.29, 0.717) is 0 Å². The maximum Gasteiger partial charge on any atom is 0.379 e. The predicted molar refractivity (Wildman–Crippen MR) is 136 cm³/mol. The molecule has 0 radical (unpaired) electrons. The molecule has 0 bridgehead atoms. The fourth-order valence-electron chi connectivity index (χ4n) is 3.49. The third-order valence-electron chi connectivity index (χ3n) is 5.23. The van der Waals surface area contributed by atoms with Gasteiger partial charge in [-0.1, -0.05) is 52.7 Å². The Morgan fingerprint density at radius 3 is 2.68 bits per heavy atom. The topological polar surface area (TPSA) is 155 Å². The van der Waals surface area contributed by atoms with Crippen LogP contribution >= 0.6 is 35.1 Å². The largest absolute Gasteiger partial charge is 0.464 e. The Morgan fingerprint density at radius 1 is 1.32 bits per heavy atom. The summed E-state index contributed by atoms with van der Waals surface area (Å²) in [5, 5.41) is 10.8. The first-order chi connectivity index (χ1) is 17.4. The van der Waals surface area contributed by atoms with Gasteiger partial charge in [0.1, 0.15) is 24.6 Å². The summed E-state index contributed by atoms with van der Waals surface area (Å²) in [6, 6.07) is 9.44. The minimum atomic E-state index is -3.89. The summed E-state index contributed by atoms with van der Waals surface area (Å²) in [6.45, 7) is 1.01. The van der Waals surface area contributed by atoms with Crippen LogP contribution in [0, 0.1) is 5.92 Å². The van der Waals surface area contributed by atoms with Gasteiger partial charge in [-0.15, -0.1) is 0 Å². The lowest BCUT2D eigenvalue weighted by atomic mass is 10.2. The first kappa shape index (κ1) is 29.6. The zero-order valence-electron chi connectivity index (χ0n) is 20.0. The van der Waals surface area contributed by atoms with Gasteiger partial charge in [0.2, 0.25) is 0 Å². The number of methoxy groups -OCH3 is 1. The van der Waals surface area contributed by atoms with Gasteiger partial charge in [-0.25, -0.2) is 14.2 Å². The molecule has 1 aliphatic heterocycles. The van der Waals surface area contributed by atoms with E-state index >= 15 is 0 Å². The van der Waals surface area contributed by atoms with E-state index in [2.05, 4.69) is 20.9 Å². The number of ether oxygens (including phenoxy) is 3. The van der Waals surface area contributed by atoms with Crippen molar-refractivity contribution in [2.45, 2.75) is 29.1 Å². The first-order valence-corrected chi connectivity index (χ1v) is 14.0. The Hall–Kier alpha value is -1.99. The van der Waals surface area contributed by atoms with Gasteiger partial charge in [-0.3, -0.25) is 18.9 Å². The van der Waals surface area contributed by atoms with Gasteiger partial charge in [-0.2, -0.15) is 0 Å². The lowest BCUT2D eigenvalue weighted by Crippen LogP contribution is -2.40. The second-order valence-corrected chi connectivity index (χ2v) is 12.8. The fraction of sp³-hybridized carbons (Fsp3) is 0.500. The standard InChI is InChI=1S/C22H27BrClN2O10P/c1-14(10-33-18(28)12-32-2)13-37(31,36-15-6-4-3-5-7-15)34-11-16-19(29)22(23,24)20(35-16)26-9-8-17(27)25-21(26)30/h3-9,14,16,19-20,29H,10-13H2,1-2H3,(H,25,27,30)/t14-,16+,19+,20+,22-,37?/m0/s1. The average Bonchev–Trinajstić information content (AvgIpc) is 3.06. The van der Waals surface area contributed by atoms with E-state index in [1.165, 1.54) is 13.3 Å². The highest BCUT2D eigenvalue weighted by molar-refractivity contribution is 9.10. The van der Waals surface area contributed by atoms with Crippen molar-refractivity contribution in [3.63, 3.8) is 0 Å². The number of aliphatic hydroxyl groups is 1. The number of carbonyl (C=O) groups is 1. The van der Waals surface area contributed by atoms with Crippen molar-refractivity contribution >= 4 is 41.1 Å². The second kappa shape index (κ2) is 12.7. The minimum Gasteiger partial charge on any atom is -0.464 e. The quantitative estimate of drug-likeness (QED) is 0.204. The van der Waals surface area contributed by atoms with Crippen LogP contribution in [0.2, 0.25) is 0 Å². The Balaban J connectivity index is 1.74. The van der Waals surface area contributed by atoms with Crippen LogP contribution in [-0.4, -0.2) is 69.7 Å². The molecule has 1 aliphatic rings. The van der Waals surface area contributed by atoms with Crippen LogP contribution in [-0.2, 0) is 28.1 Å². The number of nitrogens with one attached hydrogen (secondary N) is 1. The van der Waals surface area contributed by atoms with Gasteiger partial charge < -0.3 is 23.8 Å². The normalized spacial score (nSPS) is 25.8. The van der Waals surface area contributed by atoms with E-state index in [4.69, 9.17) is 34.9 Å². The summed E-state index contributed by atoms with van der Waals surface area (Å²) in [6.07, 6.45) is -2.75. The average molecular weight is 626 g/mol. The van der Waals surface area contributed by atoms with Crippen molar-refractivity contribution in [2.75, 3.05) is 33.1 Å². The Bertz CT molecular complexity index is 1220. The minimum absolute atomic E-state index is 0.0559. The maximum atomic E-state index is 13.7. The molecule has 3 rings (SSSR count). The summed E-state index contributed by atoms with van der Waals surface area (Å²) in [4.78, 5) is 37.4. The van der Waals surface area contributed by atoms with Crippen LogP contribution in [0.4, 0.5) is 0 Å². The molecule has 12 nitrogen and oxygen atoms in total. The van der Waals surface area contributed by atoms with Gasteiger partial charge in [0.05, 0.1) is 19.4 Å². The lowest BCUT2D eigenvalue weighted by Gasteiger charge is -2.25. The molecular formula is C22H27BrClN2O10P. The number of H-pyrrole nitrogens is 1. The molecule has 1 fully saturated rings. The molecule has 1 saturated heterocycles. The van der Waals surface area contributed by atoms with E-state index in [1.807, 2.05) is 0 Å². The second-order valence-electron chi connectivity index (χ2n) is 8.38. The summed E-state index contributed by atoms with van der Waals surface area (Å²) in [5.74, 6) is -0.719. The van der Waals surface area contributed by atoms with Crippen molar-refractivity contribution in [1.29, 1.82) is 0 Å².